The van der Waals surface area contributed by atoms with Gasteiger partial charge in [0, 0.05) is 26.2 Å². The van der Waals surface area contributed by atoms with Gasteiger partial charge in [-0.05, 0) is 14.0 Å². The topological polar surface area (TPSA) is 87.7 Å². The van der Waals surface area contributed by atoms with E-state index in [1.54, 1.807) is 7.05 Å². The molecule has 7 nitrogen and oxygen atoms in total. The lowest BCUT2D eigenvalue weighted by Crippen LogP contribution is -2.44. The molecule has 0 amide bonds. The lowest BCUT2D eigenvalue weighted by atomic mass is 10.4. The van der Waals surface area contributed by atoms with Gasteiger partial charge in [0.05, 0.1) is 13.5 Å². The molecule has 1 atom stereocenters. The Bertz CT molecular complexity index is 337. The van der Waals surface area contributed by atoms with Crippen molar-refractivity contribution in [3.05, 3.63) is 0 Å². The number of carbonyl (C=O) groups excluding carboxylic acids is 1. The Morgan fingerprint density at radius 1 is 1.44 bits per heavy atom. The van der Waals surface area contributed by atoms with Crippen LogP contribution in [0.25, 0.3) is 0 Å². The van der Waals surface area contributed by atoms with Crippen molar-refractivity contribution in [3.8, 4) is 0 Å². The number of ether oxygens (including phenoxy) is 1. The van der Waals surface area contributed by atoms with Crippen molar-refractivity contribution in [2.45, 2.75) is 19.4 Å². The van der Waals surface area contributed by atoms with Crippen LogP contribution in [0.2, 0.25) is 0 Å². The highest BCUT2D eigenvalue weighted by Crippen LogP contribution is 1.97. The molecule has 0 rings (SSSR count). The highest BCUT2D eigenvalue weighted by Gasteiger charge is 2.18. The standard InChI is InChI=1S/C9H21N3O4S.ClH/c1-8(10-2)7-11-17(14,15)12(3)6-5-9(13)16-4;/h8,10-11H,5-7H2,1-4H3;1H. The number of methoxy groups -OCH3 is 1. The van der Waals surface area contributed by atoms with Gasteiger partial charge in [-0.1, -0.05) is 0 Å². The monoisotopic (exact) mass is 303 g/mol. The second-order valence-electron chi connectivity index (χ2n) is 3.69. The van der Waals surface area contributed by atoms with Crippen LogP contribution in [0.15, 0.2) is 0 Å². The van der Waals surface area contributed by atoms with Crippen LogP contribution >= 0.6 is 12.4 Å². The minimum atomic E-state index is -3.53. The summed E-state index contributed by atoms with van der Waals surface area (Å²) in [7, 11) is 0.896. The van der Waals surface area contributed by atoms with E-state index < -0.39 is 16.2 Å². The molecular weight excluding hydrogens is 282 g/mol. The van der Waals surface area contributed by atoms with E-state index in [0.717, 1.165) is 4.31 Å². The van der Waals surface area contributed by atoms with E-state index in [9.17, 15) is 13.2 Å². The number of hydrogen-bond acceptors (Lipinski definition) is 5. The van der Waals surface area contributed by atoms with Crippen molar-refractivity contribution in [1.29, 1.82) is 0 Å². The second-order valence-corrected chi connectivity index (χ2v) is 5.55. The number of nitrogens with zero attached hydrogens (tertiary/aromatic N) is 1. The molecule has 0 saturated heterocycles. The summed E-state index contributed by atoms with van der Waals surface area (Å²) in [5.41, 5.74) is 0. The van der Waals surface area contributed by atoms with Crippen molar-refractivity contribution in [3.63, 3.8) is 0 Å². The predicted octanol–water partition coefficient (Wildman–Crippen LogP) is -0.655. The number of nitrogens with one attached hydrogen (secondary N) is 2. The van der Waals surface area contributed by atoms with Crippen LogP contribution in [0.4, 0.5) is 0 Å². The van der Waals surface area contributed by atoms with Crippen LogP contribution in [-0.2, 0) is 19.7 Å². The molecular formula is C9H22ClN3O4S. The van der Waals surface area contributed by atoms with Gasteiger partial charge in [0.15, 0.2) is 0 Å². The van der Waals surface area contributed by atoms with Crippen LogP contribution < -0.4 is 10.0 Å². The lowest BCUT2D eigenvalue weighted by Gasteiger charge is -2.18. The summed E-state index contributed by atoms with van der Waals surface area (Å²) in [5, 5.41) is 2.92. The highest BCUT2D eigenvalue weighted by molar-refractivity contribution is 7.87. The average molecular weight is 304 g/mol. The fraction of sp³-hybridized carbons (Fsp3) is 0.889. The smallest absolute Gasteiger partial charge is 0.306 e. The molecule has 9 heteroatoms. The molecule has 0 aliphatic heterocycles. The van der Waals surface area contributed by atoms with E-state index in [1.807, 2.05) is 6.92 Å². The number of carbonyl (C=O) groups is 1. The molecule has 0 spiro atoms. The van der Waals surface area contributed by atoms with Crippen molar-refractivity contribution in [2.24, 2.45) is 0 Å². The number of likely N-dealkylation sites (N-methyl/N-ethyl adjacent to an activating group) is 1. The van der Waals surface area contributed by atoms with E-state index in [0.29, 0.717) is 6.54 Å². The molecule has 110 valence electrons. The molecule has 0 bridgehead atoms. The third kappa shape index (κ3) is 7.83. The normalized spacial score (nSPS) is 12.9. The maximum atomic E-state index is 11.7. The number of hydrogen-bond donors (Lipinski definition) is 2. The van der Waals surface area contributed by atoms with Gasteiger partial charge in [-0.25, -0.2) is 4.72 Å². The molecule has 2 N–H and O–H groups in total. The number of rotatable bonds is 8. The summed E-state index contributed by atoms with van der Waals surface area (Å²) in [6, 6.07) is 0.0405. The third-order valence-corrected chi connectivity index (χ3v) is 3.87. The number of esters is 1. The van der Waals surface area contributed by atoms with Gasteiger partial charge in [-0.2, -0.15) is 12.7 Å². The SMILES string of the molecule is CNC(C)CNS(=O)(=O)N(C)CCC(=O)OC.Cl. The Labute approximate surface area is 115 Å². The highest BCUT2D eigenvalue weighted by atomic mass is 35.5. The second kappa shape index (κ2) is 9.51. The Hall–Kier alpha value is -0.410. The first-order valence-electron chi connectivity index (χ1n) is 5.28. The first-order chi connectivity index (χ1) is 7.83. The molecule has 0 fully saturated rings. The zero-order valence-corrected chi connectivity index (χ0v) is 12.7. The van der Waals surface area contributed by atoms with Crippen molar-refractivity contribution >= 4 is 28.6 Å². The minimum absolute atomic E-state index is 0. The van der Waals surface area contributed by atoms with Crippen LogP contribution in [-0.4, -0.2) is 59.0 Å². The Balaban J connectivity index is 0. The zero-order valence-electron chi connectivity index (χ0n) is 11.1. The van der Waals surface area contributed by atoms with E-state index in [2.05, 4.69) is 14.8 Å². The molecule has 0 saturated carbocycles. The van der Waals surface area contributed by atoms with Gasteiger partial charge in [0.25, 0.3) is 10.2 Å². The van der Waals surface area contributed by atoms with Crippen LogP contribution in [0.1, 0.15) is 13.3 Å². The van der Waals surface area contributed by atoms with E-state index >= 15 is 0 Å². The lowest BCUT2D eigenvalue weighted by molar-refractivity contribution is -0.140. The van der Waals surface area contributed by atoms with Crippen molar-refractivity contribution < 1.29 is 17.9 Å². The average Bonchev–Trinajstić information content (AvgIpc) is 2.32. The Morgan fingerprint density at radius 2 is 2.00 bits per heavy atom. The molecule has 0 aromatic carbocycles. The summed E-state index contributed by atoms with van der Waals surface area (Å²) in [4.78, 5) is 10.9. The quantitative estimate of drug-likeness (QED) is 0.582. The largest absolute Gasteiger partial charge is 0.469 e. The van der Waals surface area contributed by atoms with Gasteiger partial charge in [0.2, 0.25) is 0 Å². The van der Waals surface area contributed by atoms with Crippen LogP contribution in [0, 0.1) is 0 Å². The molecule has 0 aliphatic rings. The van der Waals surface area contributed by atoms with Crippen LogP contribution in [0.3, 0.4) is 0 Å². The Morgan fingerprint density at radius 3 is 2.44 bits per heavy atom. The number of halogens is 1. The molecule has 0 heterocycles. The third-order valence-electron chi connectivity index (χ3n) is 2.33. The van der Waals surface area contributed by atoms with E-state index in [4.69, 9.17) is 0 Å². The van der Waals surface area contributed by atoms with Crippen molar-refractivity contribution in [2.75, 3.05) is 34.3 Å². The summed E-state index contributed by atoms with van der Waals surface area (Å²) >= 11 is 0. The molecule has 0 radical (unpaired) electrons. The first-order valence-corrected chi connectivity index (χ1v) is 6.72. The summed E-state index contributed by atoms with van der Waals surface area (Å²) in [6.45, 7) is 2.24. The van der Waals surface area contributed by atoms with Crippen LogP contribution in [0.5, 0.6) is 0 Å². The van der Waals surface area contributed by atoms with Gasteiger partial charge in [-0.3, -0.25) is 4.79 Å². The van der Waals surface area contributed by atoms with Crippen molar-refractivity contribution in [1.82, 2.24) is 14.3 Å². The molecule has 1 unspecified atom stereocenters. The maximum Gasteiger partial charge on any atom is 0.306 e. The zero-order chi connectivity index (χ0) is 13.5. The molecule has 18 heavy (non-hydrogen) atoms. The van der Waals surface area contributed by atoms with Gasteiger partial charge in [-0.15, -0.1) is 12.4 Å². The maximum absolute atomic E-state index is 11.7. The fourth-order valence-corrected chi connectivity index (χ4v) is 1.93. The molecule has 0 aliphatic carbocycles. The van der Waals surface area contributed by atoms with Gasteiger partial charge < -0.3 is 10.1 Å². The minimum Gasteiger partial charge on any atom is -0.469 e. The fourth-order valence-electron chi connectivity index (χ4n) is 0.914. The first kappa shape index (κ1) is 19.9. The Kier molecular flexibility index (Phi) is 10.5. The summed E-state index contributed by atoms with van der Waals surface area (Å²) in [6.07, 6.45) is 0.0372. The van der Waals surface area contributed by atoms with Gasteiger partial charge >= 0.3 is 5.97 Å². The van der Waals surface area contributed by atoms with E-state index in [1.165, 1.54) is 14.2 Å². The van der Waals surface area contributed by atoms with Gasteiger partial charge in [0.1, 0.15) is 0 Å². The molecule has 0 aromatic heterocycles. The summed E-state index contributed by atoms with van der Waals surface area (Å²) < 4.78 is 31.3. The predicted molar refractivity (Wildman–Crippen MR) is 72.0 cm³/mol. The van der Waals surface area contributed by atoms with E-state index in [-0.39, 0.29) is 31.4 Å². The molecule has 0 aromatic rings. The summed E-state index contributed by atoms with van der Waals surface area (Å²) in [5.74, 6) is -0.435.